The number of hydrogen-bond donors (Lipinski definition) is 3. The second-order valence-corrected chi connectivity index (χ2v) is 7.81. The van der Waals surface area contributed by atoms with Gasteiger partial charge in [-0.3, -0.25) is 14.2 Å². The monoisotopic (exact) mass is 457 g/mol. The van der Waals surface area contributed by atoms with Crippen LogP contribution >= 0.6 is 0 Å². The number of para-hydroxylation sites is 1. The average Bonchev–Trinajstić information content (AvgIpc) is 2.84. The minimum Gasteiger partial charge on any atom is -0.477 e. The third kappa shape index (κ3) is 4.44. The van der Waals surface area contributed by atoms with Gasteiger partial charge in [-0.25, -0.2) is 9.78 Å². The molecule has 0 aliphatic carbocycles. The van der Waals surface area contributed by atoms with E-state index in [1.54, 1.807) is 67.6 Å². The van der Waals surface area contributed by atoms with Crippen LogP contribution in [0.15, 0.2) is 71.5 Å². The Morgan fingerprint density at radius 1 is 1.00 bits per heavy atom. The highest BCUT2D eigenvalue weighted by atomic mass is 16.4. The fourth-order valence-corrected chi connectivity index (χ4v) is 3.87. The van der Waals surface area contributed by atoms with Crippen LogP contribution in [-0.4, -0.2) is 44.8 Å². The summed E-state index contributed by atoms with van der Waals surface area (Å²) in [6.07, 6.45) is 0.0651. The first kappa shape index (κ1) is 22.9. The molecule has 8 nitrogen and oxygen atoms in total. The smallest absolute Gasteiger partial charge is 0.353 e. The van der Waals surface area contributed by atoms with Crippen LogP contribution in [-0.2, 0) is 6.42 Å². The first-order valence-corrected chi connectivity index (χ1v) is 10.7. The van der Waals surface area contributed by atoms with E-state index in [0.29, 0.717) is 27.9 Å². The van der Waals surface area contributed by atoms with E-state index >= 15 is 0 Å². The van der Waals surface area contributed by atoms with Crippen molar-refractivity contribution in [3.8, 4) is 5.69 Å². The van der Waals surface area contributed by atoms with E-state index in [9.17, 15) is 19.5 Å². The topological polar surface area (TPSA) is 122 Å². The Kier molecular flexibility index (Phi) is 6.51. The van der Waals surface area contributed by atoms with Gasteiger partial charge in [0.25, 0.3) is 5.91 Å². The van der Waals surface area contributed by atoms with Crippen molar-refractivity contribution in [1.29, 1.82) is 0 Å². The van der Waals surface area contributed by atoms with Crippen molar-refractivity contribution in [2.45, 2.75) is 13.3 Å². The number of aliphatic hydroxyl groups excluding tert-OH is 1. The lowest BCUT2D eigenvalue weighted by Gasteiger charge is -2.18. The molecule has 2 aromatic heterocycles. The lowest BCUT2D eigenvalue weighted by atomic mass is 9.99. The van der Waals surface area contributed by atoms with E-state index in [2.05, 4.69) is 10.3 Å². The molecule has 0 saturated carbocycles. The summed E-state index contributed by atoms with van der Waals surface area (Å²) in [4.78, 5) is 42.5. The van der Waals surface area contributed by atoms with Crippen molar-refractivity contribution in [2.24, 2.45) is 0 Å². The number of rotatable bonds is 7. The summed E-state index contributed by atoms with van der Waals surface area (Å²) in [6, 6.07) is 18.9. The van der Waals surface area contributed by atoms with Gasteiger partial charge in [0.05, 0.1) is 12.0 Å². The molecule has 0 spiro atoms. The number of aromatic nitrogens is 2. The fraction of sp³-hybridized carbons (Fsp3) is 0.154. The summed E-state index contributed by atoms with van der Waals surface area (Å²) in [6.45, 7) is 1.77. The molecule has 3 N–H and O–H groups in total. The number of carbonyl (C=O) groups is 2. The van der Waals surface area contributed by atoms with Crippen molar-refractivity contribution in [2.75, 3.05) is 13.2 Å². The summed E-state index contributed by atoms with van der Waals surface area (Å²) in [5.74, 6) is -1.56. The highest BCUT2D eigenvalue weighted by molar-refractivity contribution is 5.94. The van der Waals surface area contributed by atoms with Gasteiger partial charge in [0.2, 0.25) is 0 Å². The van der Waals surface area contributed by atoms with Crippen LogP contribution in [0.5, 0.6) is 0 Å². The predicted octanol–water partition coefficient (Wildman–Crippen LogP) is 2.71. The molecular weight excluding hydrogens is 434 g/mol. The number of aryl methyl sites for hydroxylation is 1. The lowest BCUT2D eigenvalue weighted by Crippen LogP contribution is -2.26. The van der Waals surface area contributed by atoms with Crippen LogP contribution in [0.1, 0.15) is 37.7 Å². The zero-order valence-corrected chi connectivity index (χ0v) is 18.5. The number of nitrogens with one attached hydrogen (secondary N) is 1. The van der Waals surface area contributed by atoms with Crippen LogP contribution in [0.3, 0.4) is 0 Å². The second-order valence-electron chi connectivity index (χ2n) is 7.81. The average molecular weight is 457 g/mol. The molecule has 2 aromatic carbocycles. The Bertz CT molecular complexity index is 1430. The zero-order valence-electron chi connectivity index (χ0n) is 18.5. The number of aliphatic hydroxyl groups is 1. The van der Waals surface area contributed by atoms with Crippen LogP contribution < -0.4 is 10.7 Å². The van der Waals surface area contributed by atoms with Crippen LogP contribution in [0.2, 0.25) is 0 Å². The largest absolute Gasteiger partial charge is 0.477 e. The van der Waals surface area contributed by atoms with Crippen molar-refractivity contribution < 1.29 is 19.8 Å². The Morgan fingerprint density at radius 2 is 1.71 bits per heavy atom. The van der Waals surface area contributed by atoms with Crippen LogP contribution in [0, 0.1) is 6.92 Å². The summed E-state index contributed by atoms with van der Waals surface area (Å²) >= 11 is 0. The summed E-state index contributed by atoms with van der Waals surface area (Å²) in [7, 11) is 0. The summed E-state index contributed by atoms with van der Waals surface area (Å²) < 4.78 is 1.51. The number of nitrogens with zero attached hydrogens (tertiary/aromatic N) is 2. The highest BCUT2D eigenvalue weighted by Gasteiger charge is 2.24. The third-order valence-electron chi connectivity index (χ3n) is 5.47. The van der Waals surface area contributed by atoms with Crippen molar-refractivity contribution >= 4 is 22.9 Å². The molecule has 8 heteroatoms. The number of amides is 1. The van der Waals surface area contributed by atoms with E-state index in [-0.39, 0.29) is 42.4 Å². The molecule has 0 saturated heterocycles. The Hall–Kier alpha value is -4.30. The first-order chi connectivity index (χ1) is 16.4. The van der Waals surface area contributed by atoms with Crippen LogP contribution in [0.4, 0.5) is 0 Å². The van der Waals surface area contributed by atoms with Gasteiger partial charge in [0.15, 0.2) is 5.43 Å². The summed E-state index contributed by atoms with van der Waals surface area (Å²) in [5.41, 5.74) is 2.20. The number of fused-ring (bicyclic) bond motifs is 1. The minimum atomic E-state index is -1.24. The quantitative estimate of drug-likeness (QED) is 0.392. The number of aromatic carboxylic acids is 1. The molecule has 4 rings (SSSR count). The van der Waals surface area contributed by atoms with Crippen LogP contribution in [0.25, 0.3) is 16.7 Å². The molecular formula is C26H23N3O5. The van der Waals surface area contributed by atoms with Gasteiger partial charge in [-0.15, -0.1) is 0 Å². The standard InChI is InChI=1S/C26H23N3O5/c1-16-7-12-20-23(31)21(15-17-8-10-18(11-9-17)25(32)27-13-14-30)22(26(33)34)29(24(20)28-16)19-5-3-2-4-6-19/h2-12,30H,13-15H2,1H3,(H,27,32)(H,33,34). The molecule has 0 aliphatic heterocycles. The van der Waals surface area contributed by atoms with Gasteiger partial charge in [0.1, 0.15) is 11.3 Å². The van der Waals surface area contributed by atoms with Crippen molar-refractivity contribution in [3.63, 3.8) is 0 Å². The number of carboxylic acids is 1. The third-order valence-corrected chi connectivity index (χ3v) is 5.47. The van der Waals surface area contributed by atoms with Gasteiger partial charge < -0.3 is 15.5 Å². The van der Waals surface area contributed by atoms with E-state index in [1.165, 1.54) is 4.57 Å². The molecule has 34 heavy (non-hydrogen) atoms. The molecule has 0 atom stereocenters. The molecule has 172 valence electrons. The first-order valence-electron chi connectivity index (χ1n) is 10.7. The fourth-order valence-electron chi connectivity index (χ4n) is 3.87. The molecule has 0 unspecified atom stereocenters. The molecule has 0 aliphatic rings. The molecule has 0 bridgehead atoms. The van der Waals surface area contributed by atoms with Gasteiger partial charge in [-0.1, -0.05) is 30.3 Å². The lowest BCUT2D eigenvalue weighted by molar-refractivity contribution is 0.0686. The second kappa shape index (κ2) is 9.68. The molecule has 1 amide bonds. The Labute approximate surface area is 195 Å². The number of benzene rings is 2. The van der Waals surface area contributed by atoms with Gasteiger partial charge >= 0.3 is 5.97 Å². The van der Waals surface area contributed by atoms with Gasteiger partial charge in [-0.2, -0.15) is 0 Å². The maximum atomic E-state index is 13.4. The highest BCUT2D eigenvalue weighted by Crippen LogP contribution is 2.23. The normalized spacial score (nSPS) is 10.9. The number of pyridine rings is 2. The predicted molar refractivity (Wildman–Crippen MR) is 128 cm³/mol. The molecule has 0 fully saturated rings. The van der Waals surface area contributed by atoms with E-state index in [0.717, 1.165) is 0 Å². The van der Waals surface area contributed by atoms with E-state index < -0.39 is 11.4 Å². The van der Waals surface area contributed by atoms with Gasteiger partial charge in [-0.05, 0) is 48.9 Å². The van der Waals surface area contributed by atoms with E-state index in [4.69, 9.17) is 5.11 Å². The number of hydrogen-bond acceptors (Lipinski definition) is 5. The number of carbonyl (C=O) groups excluding carboxylic acids is 1. The summed E-state index contributed by atoms with van der Waals surface area (Å²) in [5, 5.41) is 21.9. The zero-order chi connectivity index (χ0) is 24.2. The SMILES string of the molecule is Cc1ccc2c(=O)c(Cc3ccc(C(=O)NCCO)cc3)c(C(=O)O)n(-c3ccccc3)c2n1. The minimum absolute atomic E-state index is 0.0651. The molecule has 2 heterocycles. The maximum absolute atomic E-state index is 13.4. The van der Waals surface area contributed by atoms with Gasteiger partial charge in [0, 0.05) is 35.5 Å². The maximum Gasteiger partial charge on any atom is 0.353 e. The van der Waals surface area contributed by atoms with Crippen molar-refractivity contribution in [3.05, 3.63) is 105 Å². The Morgan fingerprint density at radius 3 is 2.35 bits per heavy atom. The van der Waals surface area contributed by atoms with E-state index in [1.807, 2.05) is 6.07 Å². The number of carboxylic acid groups (broad SMARTS) is 1. The Balaban J connectivity index is 1.88. The molecule has 4 aromatic rings. The molecule has 0 radical (unpaired) electrons. The van der Waals surface area contributed by atoms with Crippen molar-refractivity contribution in [1.82, 2.24) is 14.9 Å².